The summed E-state index contributed by atoms with van der Waals surface area (Å²) in [7, 11) is 1.54. The van der Waals surface area contributed by atoms with Gasteiger partial charge in [0.2, 0.25) is 0 Å². The third-order valence-electron chi connectivity index (χ3n) is 4.79. The number of amides is 2. The SMILES string of the molecule is CNC(=O)c1c(C)nn2c(C3CCN(C(=O)OC(C)C)CC3)cc(=O)[nH]c12. The fourth-order valence-corrected chi connectivity index (χ4v) is 3.50. The van der Waals surface area contributed by atoms with Gasteiger partial charge in [-0.25, -0.2) is 9.31 Å². The van der Waals surface area contributed by atoms with E-state index in [-0.39, 0.29) is 29.6 Å². The first-order chi connectivity index (χ1) is 12.8. The van der Waals surface area contributed by atoms with E-state index in [2.05, 4.69) is 15.4 Å². The van der Waals surface area contributed by atoms with Crippen molar-refractivity contribution >= 4 is 17.6 Å². The number of fused-ring (bicyclic) bond motifs is 1. The Labute approximate surface area is 156 Å². The Bertz CT molecular complexity index is 922. The molecule has 1 aliphatic rings. The van der Waals surface area contributed by atoms with Crippen molar-refractivity contribution < 1.29 is 14.3 Å². The number of hydrogen-bond donors (Lipinski definition) is 2. The number of nitrogens with one attached hydrogen (secondary N) is 2. The zero-order chi connectivity index (χ0) is 19.7. The summed E-state index contributed by atoms with van der Waals surface area (Å²) >= 11 is 0. The number of ether oxygens (including phenoxy) is 1. The number of carbonyl (C=O) groups is 2. The number of aromatic amines is 1. The second-order valence-electron chi connectivity index (χ2n) is 7.05. The standard InChI is InChI=1S/C18H25N5O4/c1-10(2)27-18(26)22-7-5-12(6-8-22)13-9-14(24)20-16-15(17(25)19-4)11(3)21-23(13)16/h9-10,12H,5-8H2,1-4H3,(H,19,25)(H,20,24). The molecule has 0 bridgehead atoms. The fourth-order valence-electron chi connectivity index (χ4n) is 3.50. The van der Waals surface area contributed by atoms with Crippen LogP contribution in [-0.2, 0) is 4.74 Å². The van der Waals surface area contributed by atoms with Crippen molar-refractivity contribution in [3.63, 3.8) is 0 Å². The monoisotopic (exact) mass is 375 g/mol. The van der Waals surface area contributed by atoms with Crippen molar-refractivity contribution in [1.82, 2.24) is 24.8 Å². The average Bonchev–Trinajstić information content (AvgIpc) is 2.95. The van der Waals surface area contributed by atoms with Gasteiger partial charge in [-0.05, 0) is 33.6 Å². The van der Waals surface area contributed by atoms with E-state index in [4.69, 9.17) is 4.74 Å². The predicted molar refractivity (Wildman–Crippen MR) is 99.1 cm³/mol. The number of carbonyl (C=O) groups excluding carboxylic acids is 2. The molecular weight excluding hydrogens is 350 g/mol. The first-order valence-electron chi connectivity index (χ1n) is 9.12. The number of piperidine rings is 1. The number of hydrogen-bond acceptors (Lipinski definition) is 5. The normalized spacial score (nSPS) is 15.4. The van der Waals surface area contributed by atoms with E-state index >= 15 is 0 Å². The van der Waals surface area contributed by atoms with Crippen LogP contribution >= 0.6 is 0 Å². The van der Waals surface area contributed by atoms with Gasteiger partial charge in [0.1, 0.15) is 11.2 Å². The summed E-state index contributed by atoms with van der Waals surface area (Å²) in [4.78, 5) is 40.8. The molecule has 0 aromatic carbocycles. The number of aromatic nitrogens is 3. The summed E-state index contributed by atoms with van der Waals surface area (Å²) in [6.45, 7) is 6.48. The number of aryl methyl sites for hydroxylation is 1. The Kier molecular flexibility index (Phi) is 5.20. The molecule has 0 saturated carbocycles. The van der Waals surface area contributed by atoms with Gasteiger partial charge in [0.05, 0.1) is 17.5 Å². The van der Waals surface area contributed by atoms with Gasteiger partial charge in [-0.3, -0.25) is 9.59 Å². The molecule has 2 amide bonds. The smallest absolute Gasteiger partial charge is 0.410 e. The number of likely N-dealkylation sites (tertiary alicyclic amines) is 1. The van der Waals surface area contributed by atoms with Crippen LogP contribution in [0.1, 0.15) is 54.4 Å². The van der Waals surface area contributed by atoms with Gasteiger partial charge in [-0.1, -0.05) is 0 Å². The van der Waals surface area contributed by atoms with E-state index in [0.717, 1.165) is 5.69 Å². The summed E-state index contributed by atoms with van der Waals surface area (Å²) < 4.78 is 6.89. The lowest BCUT2D eigenvalue weighted by Gasteiger charge is -2.31. The molecule has 9 heteroatoms. The van der Waals surface area contributed by atoms with Gasteiger partial charge in [0.25, 0.3) is 11.5 Å². The van der Waals surface area contributed by atoms with Crippen molar-refractivity contribution in [2.75, 3.05) is 20.1 Å². The Morgan fingerprint density at radius 3 is 2.59 bits per heavy atom. The third kappa shape index (κ3) is 3.67. The molecule has 3 rings (SSSR count). The Morgan fingerprint density at radius 2 is 2.00 bits per heavy atom. The highest BCUT2D eigenvalue weighted by atomic mass is 16.6. The number of H-pyrrole nitrogens is 1. The molecule has 0 spiro atoms. The van der Waals surface area contributed by atoms with E-state index in [1.54, 1.807) is 23.4 Å². The van der Waals surface area contributed by atoms with E-state index in [1.165, 1.54) is 6.07 Å². The molecule has 2 aromatic heterocycles. The van der Waals surface area contributed by atoms with Crippen molar-refractivity contribution in [3.8, 4) is 0 Å². The second-order valence-corrected chi connectivity index (χ2v) is 7.05. The van der Waals surface area contributed by atoms with Crippen LogP contribution in [0, 0.1) is 6.92 Å². The molecular formula is C18H25N5O4. The molecule has 9 nitrogen and oxygen atoms in total. The third-order valence-corrected chi connectivity index (χ3v) is 4.79. The van der Waals surface area contributed by atoms with Crippen LogP contribution in [-0.4, -0.2) is 57.7 Å². The molecule has 2 N–H and O–H groups in total. The van der Waals surface area contributed by atoms with Crippen molar-refractivity contribution in [1.29, 1.82) is 0 Å². The van der Waals surface area contributed by atoms with Gasteiger partial charge in [0.15, 0.2) is 0 Å². The van der Waals surface area contributed by atoms with Gasteiger partial charge < -0.3 is 19.9 Å². The van der Waals surface area contributed by atoms with Crippen LogP contribution in [0.4, 0.5) is 4.79 Å². The molecule has 3 heterocycles. The molecule has 146 valence electrons. The van der Waals surface area contributed by atoms with Gasteiger partial charge in [-0.15, -0.1) is 0 Å². The highest BCUT2D eigenvalue weighted by molar-refractivity contribution is 6.00. The maximum Gasteiger partial charge on any atom is 0.410 e. The Hall–Kier alpha value is -2.84. The van der Waals surface area contributed by atoms with Crippen LogP contribution in [0.5, 0.6) is 0 Å². The first-order valence-corrected chi connectivity index (χ1v) is 9.12. The lowest BCUT2D eigenvalue weighted by Crippen LogP contribution is -2.39. The maximum atomic E-state index is 12.2. The van der Waals surface area contributed by atoms with Crippen molar-refractivity contribution in [2.24, 2.45) is 0 Å². The van der Waals surface area contributed by atoms with Crippen LogP contribution in [0.3, 0.4) is 0 Å². The minimum absolute atomic E-state index is 0.0646. The number of nitrogens with zero attached hydrogens (tertiary/aromatic N) is 3. The van der Waals surface area contributed by atoms with Crippen LogP contribution in [0.2, 0.25) is 0 Å². The van der Waals surface area contributed by atoms with Crippen LogP contribution in [0.25, 0.3) is 5.65 Å². The van der Waals surface area contributed by atoms with Crippen LogP contribution in [0.15, 0.2) is 10.9 Å². The van der Waals surface area contributed by atoms with E-state index in [1.807, 2.05) is 13.8 Å². The Morgan fingerprint density at radius 1 is 1.33 bits per heavy atom. The summed E-state index contributed by atoms with van der Waals surface area (Å²) in [5.41, 5.74) is 1.80. The van der Waals surface area contributed by atoms with Crippen molar-refractivity contribution in [2.45, 2.75) is 45.6 Å². The second kappa shape index (κ2) is 7.42. The summed E-state index contributed by atoms with van der Waals surface area (Å²) in [6.07, 6.45) is 0.925. The molecule has 27 heavy (non-hydrogen) atoms. The predicted octanol–water partition coefficient (Wildman–Crippen LogP) is 1.42. The molecule has 0 atom stereocenters. The molecule has 1 saturated heterocycles. The highest BCUT2D eigenvalue weighted by Gasteiger charge is 2.28. The quantitative estimate of drug-likeness (QED) is 0.843. The molecule has 1 fully saturated rings. The molecule has 0 unspecified atom stereocenters. The minimum Gasteiger partial charge on any atom is -0.447 e. The van der Waals surface area contributed by atoms with E-state index in [0.29, 0.717) is 42.8 Å². The highest BCUT2D eigenvalue weighted by Crippen LogP contribution is 2.28. The molecule has 0 aliphatic carbocycles. The number of rotatable bonds is 3. The molecule has 0 radical (unpaired) electrons. The zero-order valence-corrected chi connectivity index (χ0v) is 16.0. The van der Waals surface area contributed by atoms with Gasteiger partial charge >= 0.3 is 6.09 Å². The maximum absolute atomic E-state index is 12.2. The largest absolute Gasteiger partial charge is 0.447 e. The first kappa shape index (κ1) is 18.9. The topological polar surface area (TPSA) is 109 Å². The lowest BCUT2D eigenvalue weighted by atomic mass is 9.93. The minimum atomic E-state index is -0.309. The summed E-state index contributed by atoms with van der Waals surface area (Å²) in [5, 5.41) is 7.05. The summed E-state index contributed by atoms with van der Waals surface area (Å²) in [5.74, 6) is -0.226. The summed E-state index contributed by atoms with van der Waals surface area (Å²) in [6, 6.07) is 1.53. The van der Waals surface area contributed by atoms with Gasteiger partial charge in [-0.2, -0.15) is 5.10 Å². The van der Waals surface area contributed by atoms with Crippen LogP contribution < -0.4 is 10.9 Å². The van der Waals surface area contributed by atoms with E-state index in [9.17, 15) is 14.4 Å². The zero-order valence-electron chi connectivity index (χ0n) is 16.0. The fraction of sp³-hybridized carbons (Fsp3) is 0.556. The molecule has 2 aromatic rings. The molecule has 1 aliphatic heterocycles. The van der Waals surface area contributed by atoms with Gasteiger partial charge in [0, 0.05) is 32.1 Å². The lowest BCUT2D eigenvalue weighted by molar-refractivity contribution is 0.0689. The van der Waals surface area contributed by atoms with E-state index < -0.39 is 0 Å². The Balaban J connectivity index is 1.89. The average molecular weight is 375 g/mol. The van der Waals surface area contributed by atoms with Crippen molar-refractivity contribution in [3.05, 3.63) is 33.4 Å².